The second-order valence-electron chi connectivity index (χ2n) is 7.61. The van der Waals surface area contributed by atoms with Crippen molar-refractivity contribution in [2.75, 3.05) is 37.6 Å². The van der Waals surface area contributed by atoms with Gasteiger partial charge in [0.1, 0.15) is 0 Å². The highest BCUT2D eigenvalue weighted by molar-refractivity contribution is 6.13. The van der Waals surface area contributed by atoms with E-state index >= 15 is 0 Å². The molecule has 0 radical (unpaired) electrons. The van der Waals surface area contributed by atoms with Gasteiger partial charge in [0.15, 0.2) is 5.78 Å². The Hall–Kier alpha value is -2.99. The van der Waals surface area contributed by atoms with Gasteiger partial charge in [0.05, 0.1) is 4.92 Å². The zero-order chi connectivity index (χ0) is 20.4. The number of hydrogen-bond acceptors (Lipinski definition) is 5. The first-order valence-corrected chi connectivity index (χ1v) is 10.1. The zero-order valence-corrected chi connectivity index (χ0v) is 16.6. The molecule has 150 valence electrons. The molecular weight excluding hydrogens is 366 g/mol. The summed E-state index contributed by atoms with van der Waals surface area (Å²) in [7, 11) is 0. The number of carbonyl (C=O) groups excluding carboxylic acids is 1. The number of benzene rings is 2. The third-order valence-electron chi connectivity index (χ3n) is 5.92. The molecule has 2 aromatic rings. The number of piperazine rings is 1. The van der Waals surface area contributed by atoms with Crippen molar-refractivity contribution in [2.24, 2.45) is 0 Å². The van der Waals surface area contributed by atoms with Gasteiger partial charge in [-0.2, -0.15) is 0 Å². The van der Waals surface area contributed by atoms with Crippen molar-refractivity contribution in [1.29, 1.82) is 0 Å². The van der Waals surface area contributed by atoms with E-state index < -0.39 is 4.92 Å². The van der Waals surface area contributed by atoms with E-state index in [0.29, 0.717) is 6.42 Å². The van der Waals surface area contributed by atoms with Crippen LogP contribution in [0.2, 0.25) is 0 Å². The average Bonchev–Trinajstić information content (AvgIpc) is 2.76. The molecule has 0 saturated carbocycles. The second-order valence-corrected chi connectivity index (χ2v) is 7.61. The lowest BCUT2D eigenvalue weighted by Crippen LogP contribution is -2.46. The number of hydrogen-bond donors (Lipinski definition) is 0. The van der Waals surface area contributed by atoms with E-state index in [4.69, 9.17) is 0 Å². The molecule has 0 amide bonds. The molecule has 1 fully saturated rings. The third-order valence-corrected chi connectivity index (χ3v) is 5.92. The van der Waals surface area contributed by atoms with Gasteiger partial charge >= 0.3 is 0 Å². The van der Waals surface area contributed by atoms with Crippen LogP contribution in [0.3, 0.4) is 0 Å². The van der Waals surface area contributed by atoms with Crippen molar-refractivity contribution in [3.05, 3.63) is 74.8 Å². The number of non-ortho nitro benzene ring substituents is 1. The maximum atomic E-state index is 13.0. The number of aryl methyl sites for hydroxylation is 1. The highest BCUT2D eigenvalue weighted by Gasteiger charge is 2.24. The van der Waals surface area contributed by atoms with Gasteiger partial charge in [-0.15, -0.1) is 0 Å². The van der Waals surface area contributed by atoms with Gasteiger partial charge in [-0.3, -0.25) is 14.9 Å². The lowest BCUT2D eigenvalue weighted by molar-refractivity contribution is -0.384. The van der Waals surface area contributed by atoms with Crippen LogP contribution < -0.4 is 4.90 Å². The van der Waals surface area contributed by atoms with Crippen molar-refractivity contribution in [2.45, 2.75) is 19.8 Å². The van der Waals surface area contributed by atoms with Crippen LogP contribution in [0.5, 0.6) is 0 Å². The Balaban J connectivity index is 1.51. The maximum Gasteiger partial charge on any atom is 0.269 e. The highest BCUT2D eigenvalue weighted by Crippen LogP contribution is 2.30. The van der Waals surface area contributed by atoms with Crippen molar-refractivity contribution in [1.82, 2.24) is 4.90 Å². The molecule has 4 rings (SSSR count). The lowest BCUT2D eigenvalue weighted by atomic mass is 9.85. The van der Waals surface area contributed by atoms with Crippen LogP contribution in [0.1, 0.15) is 34.8 Å². The van der Waals surface area contributed by atoms with E-state index in [1.807, 2.05) is 12.1 Å². The summed E-state index contributed by atoms with van der Waals surface area (Å²) >= 11 is 0. The highest BCUT2D eigenvalue weighted by atomic mass is 16.6. The van der Waals surface area contributed by atoms with Crippen LogP contribution >= 0.6 is 0 Å². The van der Waals surface area contributed by atoms with Gasteiger partial charge in [0.25, 0.3) is 5.69 Å². The van der Waals surface area contributed by atoms with Crippen LogP contribution in [-0.4, -0.2) is 48.3 Å². The smallest absolute Gasteiger partial charge is 0.269 e. The number of ketones is 1. The SMILES string of the molecule is CCN1CCN(c2ccc3c(c2)CC/C(=C\c2ccc([N+](=O)[O-])cc2)C3=O)CC1. The minimum absolute atomic E-state index is 0.0553. The Bertz CT molecular complexity index is 958. The summed E-state index contributed by atoms with van der Waals surface area (Å²) in [5, 5.41) is 10.8. The Morgan fingerprint density at radius 3 is 2.41 bits per heavy atom. The quantitative estimate of drug-likeness (QED) is 0.449. The molecule has 2 aliphatic rings. The first kappa shape index (κ1) is 19.3. The molecule has 0 bridgehead atoms. The number of allylic oxidation sites excluding steroid dienone is 1. The van der Waals surface area contributed by atoms with E-state index in [2.05, 4.69) is 28.9 Å². The fraction of sp³-hybridized carbons (Fsp3) is 0.348. The van der Waals surface area contributed by atoms with Gasteiger partial charge in [-0.05, 0) is 66.9 Å². The number of nitro groups is 1. The molecular formula is C23H25N3O3. The first-order chi connectivity index (χ1) is 14.0. The van der Waals surface area contributed by atoms with E-state index in [1.165, 1.54) is 17.8 Å². The Morgan fingerprint density at radius 1 is 1.03 bits per heavy atom. The monoisotopic (exact) mass is 391 g/mol. The number of fused-ring (bicyclic) bond motifs is 1. The van der Waals surface area contributed by atoms with E-state index in [-0.39, 0.29) is 11.5 Å². The molecule has 0 spiro atoms. The molecule has 0 unspecified atom stereocenters. The first-order valence-electron chi connectivity index (χ1n) is 10.1. The summed E-state index contributed by atoms with van der Waals surface area (Å²) in [6, 6.07) is 12.5. The minimum Gasteiger partial charge on any atom is -0.369 e. The maximum absolute atomic E-state index is 13.0. The molecule has 1 aliphatic carbocycles. The van der Waals surface area contributed by atoms with Crippen LogP contribution in [0.25, 0.3) is 6.08 Å². The summed E-state index contributed by atoms with van der Waals surface area (Å²) in [5.74, 6) is 0.0620. The van der Waals surface area contributed by atoms with Gasteiger partial charge in [0.2, 0.25) is 0 Å². The molecule has 6 heteroatoms. The molecule has 2 aromatic carbocycles. The average molecular weight is 391 g/mol. The van der Waals surface area contributed by atoms with Crippen molar-refractivity contribution in [3.8, 4) is 0 Å². The van der Waals surface area contributed by atoms with Crippen LogP contribution in [0, 0.1) is 10.1 Å². The van der Waals surface area contributed by atoms with Crippen molar-refractivity contribution >= 4 is 23.2 Å². The Kier molecular flexibility index (Phi) is 5.45. The largest absolute Gasteiger partial charge is 0.369 e. The fourth-order valence-electron chi connectivity index (χ4n) is 4.11. The predicted octanol–water partition coefficient (Wildman–Crippen LogP) is 3.95. The molecule has 1 saturated heterocycles. The standard InChI is InChI=1S/C23H25N3O3/c1-2-24-11-13-25(14-12-24)21-9-10-22-18(16-21)5-6-19(23(22)27)15-17-3-7-20(8-4-17)26(28)29/h3-4,7-10,15-16H,2,5-6,11-14H2,1H3/b19-15+. The summed E-state index contributed by atoms with van der Waals surface area (Å²) < 4.78 is 0. The van der Waals surface area contributed by atoms with Crippen LogP contribution in [-0.2, 0) is 6.42 Å². The molecule has 6 nitrogen and oxygen atoms in total. The molecule has 0 N–H and O–H groups in total. The molecule has 1 aliphatic heterocycles. The minimum atomic E-state index is -0.418. The lowest BCUT2D eigenvalue weighted by Gasteiger charge is -2.36. The van der Waals surface area contributed by atoms with Crippen molar-refractivity contribution in [3.63, 3.8) is 0 Å². The normalized spacial score (nSPS) is 18.7. The topological polar surface area (TPSA) is 66.7 Å². The number of anilines is 1. The van der Waals surface area contributed by atoms with Gasteiger partial charge in [0, 0.05) is 55.1 Å². The summed E-state index contributed by atoms with van der Waals surface area (Å²) in [4.78, 5) is 28.2. The van der Waals surface area contributed by atoms with E-state index in [1.54, 1.807) is 12.1 Å². The number of carbonyl (C=O) groups is 1. The number of rotatable bonds is 4. The number of nitrogens with zero attached hydrogens (tertiary/aromatic N) is 3. The van der Waals surface area contributed by atoms with Gasteiger partial charge in [-0.1, -0.05) is 6.92 Å². The molecule has 1 heterocycles. The number of likely N-dealkylation sites (N-methyl/N-ethyl adjacent to an activating group) is 1. The van der Waals surface area contributed by atoms with Crippen LogP contribution in [0.4, 0.5) is 11.4 Å². The van der Waals surface area contributed by atoms with Crippen LogP contribution in [0.15, 0.2) is 48.0 Å². The molecule has 29 heavy (non-hydrogen) atoms. The third kappa shape index (κ3) is 4.07. The Morgan fingerprint density at radius 2 is 1.76 bits per heavy atom. The molecule has 0 aromatic heterocycles. The predicted molar refractivity (Wildman–Crippen MR) is 114 cm³/mol. The fourth-order valence-corrected chi connectivity index (χ4v) is 4.11. The second kappa shape index (κ2) is 8.17. The Labute approximate surface area is 170 Å². The van der Waals surface area contributed by atoms with Crippen molar-refractivity contribution < 1.29 is 9.72 Å². The number of Topliss-reactive ketones (excluding diaryl/α,β-unsaturated/α-hetero) is 1. The summed E-state index contributed by atoms with van der Waals surface area (Å²) in [5.41, 5.74) is 4.73. The molecule has 0 atom stereocenters. The summed E-state index contributed by atoms with van der Waals surface area (Å²) in [6.07, 6.45) is 3.38. The zero-order valence-electron chi connectivity index (χ0n) is 16.6. The summed E-state index contributed by atoms with van der Waals surface area (Å²) in [6.45, 7) is 7.49. The van der Waals surface area contributed by atoms with E-state index in [9.17, 15) is 14.9 Å². The van der Waals surface area contributed by atoms with Gasteiger partial charge < -0.3 is 9.80 Å². The van der Waals surface area contributed by atoms with Gasteiger partial charge in [-0.25, -0.2) is 0 Å². The number of nitro benzene ring substituents is 1. The van der Waals surface area contributed by atoms with E-state index in [0.717, 1.165) is 61.4 Å².